The molecule has 0 bridgehead atoms. The first-order valence-corrected chi connectivity index (χ1v) is 8.48. The third-order valence-corrected chi connectivity index (χ3v) is 5.39. The van der Waals surface area contributed by atoms with E-state index < -0.39 is 42.1 Å². The number of hydrogen-bond acceptors (Lipinski definition) is 6. The largest absolute Gasteiger partial charge is 0.416 e. The third-order valence-electron chi connectivity index (χ3n) is 2.80. The maximum Gasteiger partial charge on any atom is 0.416 e. The van der Waals surface area contributed by atoms with Crippen LogP contribution in [0.2, 0.25) is 0 Å². The number of sulfone groups is 1. The van der Waals surface area contributed by atoms with Gasteiger partial charge in [0.15, 0.2) is 9.84 Å². The Labute approximate surface area is 132 Å². The van der Waals surface area contributed by atoms with Gasteiger partial charge in [0.25, 0.3) is 0 Å². The minimum Gasteiger partial charge on any atom is -0.257 e. The number of aryl methyl sites for hydroxylation is 1. The first-order chi connectivity index (χ1) is 10.5. The molecule has 0 saturated heterocycles. The summed E-state index contributed by atoms with van der Waals surface area (Å²) in [5.41, 5.74) is -1.39. The van der Waals surface area contributed by atoms with E-state index in [1.807, 2.05) is 0 Å². The van der Waals surface area contributed by atoms with Crippen molar-refractivity contribution in [1.82, 2.24) is 4.98 Å². The van der Waals surface area contributed by atoms with Crippen molar-refractivity contribution in [3.63, 3.8) is 0 Å². The van der Waals surface area contributed by atoms with Crippen LogP contribution in [0, 0.1) is 17.0 Å². The summed E-state index contributed by atoms with van der Waals surface area (Å²) in [5, 5.41) is 10.7. The maximum absolute atomic E-state index is 12.7. The Kier molecular flexibility index (Phi) is 4.44. The topological polar surface area (TPSA) is 90.2 Å². The molecule has 0 aliphatic heterocycles. The molecule has 0 amide bonds. The minimum atomic E-state index is -4.69. The highest BCUT2D eigenvalue weighted by molar-refractivity contribution is 7.90. The summed E-state index contributed by atoms with van der Waals surface area (Å²) in [7, 11) is -4.20. The highest BCUT2D eigenvalue weighted by atomic mass is 32.2. The molecule has 0 aliphatic rings. The Morgan fingerprint density at radius 1 is 1.35 bits per heavy atom. The van der Waals surface area contributed by atoms with Gasteiger partial charge in [-0.1, -0.05) is 6.07 Å². The van der Waals surface area contributed by atoms with Crippen LogP contribution in [-0.2, 0) is 21.8 Å². The quantitative estimate of drug-likeness (QED) is 0.611. The number of aromatic nitrogens is 1. The molecular weight excluding hydrogens is 357 g/mol. The Hall–Kier alpha value is -2.01. The van der Waals surface area contributed by atoms with E-state index in [1.54, 1.807) is 0 Å². The maximum atomic E-state index is 12.7. The van der Waals surface area contributed by atoms with Gasteiger partial charge in [0.1, 0.15) is 11.4 Å². The van der Waals surface area contributed by atoms with Crippen LogP contribution in [0.1, 0.15) is 16.3 Å². The molecule has 6 nitrogen and oxygen atoms in total. The van der Waals surface area contributed by atoms with Gasteiger partial charge in [-0.05, 0) is 36.5 Å². The predicted octanol–water partition coefficient (Wildman–Crippen LogP) is 3.35. The third kappa shape index (κ3) is 3.85. The average Bonchev–Trinajstić information content (AvgIpc) is 2.78. The van der Waals surface area contributed by atoms with Crippen LogP contribution in [0.3, 0.4) is 0 Å². The first kappa shape index (κ1) is 17.3. The van der Waals surface area contributed by atoms with E-state index in [4.69, 9.17) is 0 Å². The molecule has 23 heavy (non-hydrogen) atoms. The SMILES string of the molecule is Cc1nc(CS(=O)(=O)c2cccc(C(F)(F)F)c2)c([N+](=O)[O-])s1. The average molecular weight is 366 g/mol. The molecule has 2 aromatic rings. The summed E-state index contributed by atoms with van der Waals surface area (Å²) in [6.07, 6.45) is -4.69. The summed E-state index contributed by atoms with van der Waals surface area (Å²) in [6, 6.07) is 3.22. The first-order valence-electron chi connectivity index (χ1n) is 6.01. The van der Waals surface area contributed by atoms with Crippen molar-refractivity contribution in [2.45, 2.75) is 23.7 Å². The number of nitrogens with zero attached hydrogens (tertiary/aromatic N) is 2. The summed E-state index contributed by atoms with van der Waals surface area (Å²) >= 11 is 0.711. The predicted molar refractivity (Wildman–Crippen MR) is 75.8 cm³/mol. The van der Waals surface area contributed by atoms with Gasteiger partial charge in [-0.25, -0.2) is 13.4 Å². The summed E-state index contributed by atoms with van der Waals surface area (Å²) in [4.78, 5) is 13.3. The zero-order valence-electron chi connectivity index (χ0n) is 11.5. The number of rotatable bonds is 4. The number of thiazole rings is 1. The summed E-state index contributed by atoms with van der Waals surface area (Å²) in [5.74, 6) is -0.838. The second-order valence-electron chi connectivity index (χ2n) is 4.53. The van der Waals surface area contributed by atoms with Gasteiger partial charge in [-0.2, -0.15) is 13.2 Å². The van der Waals surface area contributed by atoms with E-state index in [0.29, 0.717) is 22.4 Å². The minimum absolute atomic E-state index is 0.282. The number of halogens is 3. The van der Waals surface area contributed by atoms with E-state index in [9.17, 15) is 31.7 Å². The fourth-order valence-electron chi connectivity index (χ4n) is 1.83. The van der Waals surface area contributed by atoms with E-state index >= 15 is 0 Å². The van der Waals surface area contributed by atoms with Crippen LogP contribution in [-0.4, -0.2) is 18.3 Å². The van der Waals surface area contributed by atoms with Crippen LogP contribution in [0.4, 0.5) is 18.2 Å². The van der Waals surface area contributed by atoms with E-state index in [0.717, 1.165) is 18.2 Å². The fourth-order valence-corrected chi connectivity index (χ4v) is 3.98. The number of hydrogen-bond donors (Lipinski definition) is 0. The molecule has 0 radical (unpaired) electrons. The summed E-state index contributed by atoms with van der Waals surface area (Å²) < 4.78 is 62.5. The Morgan fingerprint density at radius 3 is 2.57 bits per heavy atom. The number of nitro groups is 1. The van der Waals surface area contributed by atoms with Crippen LogP contribution in [0.25, 0.3) is 0 Å². The van der Waals surface area contributed by atoms with Gasteiger partial charge >= 0.3 is 11.2 Å². The highest BCUT2D eigenvalue weighted by Crippen LogP contribution is 2.33. The molecule has 0 N–H and O–H groups in total. The van der Waals surface area contributed by atoms with Crippen LogP contribution < -0.4 is 0 Å². The highest BCUT2D eigenvalue weighted by Gasteiger charge is 2.32. The molecule has 0 fully saturated rings. The molecular formula is C12H9F3N2O4S2. The van der Waals surface area contributed by atoms with Crippen molar-refractivity contribution in [2.24, 2.45) is 0 Å². The Morgan fingerprint density at radius 2 is 2.00 bits per heavy atom. The molecule has 0 unspecified atom stereocenters. The smallest absolute Gasteiger partial charge is 0.257 e. The molecule has 0 aliphatic carbocycles. The standard InChI is InChI=1S/C12H9F3N2O4S2/c1-7-16-10(11(22-7)17(18)19)6-23(20,21)9-4-2-3-8(5-9)12(13,14)15/h2-5H,6H2,1H3. The zero-order valence-corrected chi connectivity index (χ0v) is 13.1. The monoisotopic (exact) mass is 366 g/mol. The van der Waals surface area contributed by atoms with Crippen molar-refractivity contribution in [1.29, 1.82) is 0 Å². The number of alkyl halides is 3. The lowest BCUT2D eigenvalue weighted by molar-refractivity contribution is -0.381. The molecule has 0 atom stereocenters. The fraction of sp³-hybridized carbons (Fsp3) is 0.250. The van der Waals surface area contributed by atoms with Gasteiger partial charge in [0, 0.05) is 0 Å². The van der Waals surface area contributed by atoms with Gasteiger partial charge < -0.3 is 0 Å². The van der Waals surface area contributed by atoms with E-state index in [2.05, 4.69) is 4.98 Å². The number of benzene rings is 1. The van der Waals surface area contributed by atoms with Crippen molar-refractivity contribution in [3.8, 4) is 0 Å². The van der Waals surface area contributed by atoms with Crippen LogP contribution in [0.15, 0.2) is 29.2 Å². The molecule has 1 heterocycles. The molecule has 11 heteroatoms. The lowest BCUT2D eigenvalue weighted by Crippen LogP contribution is -2.10. The Bertz CT molecular complexity index is 859. The lowest BCUT2D eigenvalue weighted by Gasteiger charge is -2.08. The van der Waals surface area contributed by atoms with Gasteiger partial charge in [-0.3, -0.25) is 10.1 Å². The molecule has 124 valence electrons. The van der Waals surface area contributed by atoms with Crippen LogP contribution >= 0.6 is 11.3 Å². The van der Waals surface area contributed by atoms with Crippen molar-refractivity contribution in [3.05, 3.63) is 50.6 Å². The molecule has 1 aromatic carbocycles. The normalized spacial score (nSPS) is 12.3. The van der Waals surface area contributed by atoms with Gasteiger partial charge in [0.2, 0.25) is 0 Å². The zero-order chi connectivity index (χ0) is 17.4. The second-order valence-corrected chi connectivity index (χ2v) is 7.70. The van der Waals surface area contributed by atoms with Crippen LogP contribution in [0.5, 0.6) is 0 Å². The van der Waals surface area contributed by atoms with Gasteiger partial charge in [-0.15, -0.1) is 0 Å². The Balaban J connectivity index is 2.42. The van der Waals surface area contributed by atoms with Crippen molar-refractivity contribution in [2.75, 3.05) is 0 Å². The molecule has 0 spiro atoms. The molecule has 2 rings (SSSR count). The summed E-state index contributed by atoms with van der Waals surface area (Å²) in [6.45, 7) is 1.47. The molecule has 1 aromatic heterocycles. The lowest BCUT2D eigenvalue weighted by atomic mass is 10.2. The molecule has 0 saturated carbocycles. The van der Waals surface area contributed by atoms with E-state index in [-0.39, 0.29) is 5.69 Å². The van der Waals surface area contributed by atoms with Crippen molar-refractivity contribution >= 4 is 26.2 Å². The second kappa shape index (κ2) is 5.89. The van der Waals surface area contributed by atoms with Gasteiger partial charge in [0.05, 0.1) is 20.4 Å². The van der Waals surface area contributed by atoms with Crippen molar-refractivity contribution < 1.29 is 26.5 Å². The van der Waals surface area contributed by atoms with E-state index in [1.165, 1.54) is 6.92 Å².